The maximum atomic E-state index is 13.1. The molecule has 0 spiro atoms. The van der Waals surface area contributed by atoms with Gasteiger partial charge in [0.1, 0.15) is 5.75 Å². The summed E-state index contributed by atoms with van der Waals surface area (Å²) in [5.41, 5.74) is 2.40. The van der Waals surface area contributed by atoms with Gasteiger partial charge in [0, 0.05) is 18.3 Å². The number of thioether (sulfide) groups is 1. The molecule has 0 radical (unpaired) electrons. The molecule has 0 amide bonds. The number of carbonyl (C=O) groups excluding carboxylic acids is 1. The number of para-hydroxylation sites is 1. The van der Waals surface area contributed by atoms with Crippen LogP contribution in [0.2, 0.25) is 0 Å². The van der Waals surface area contributed by atoms with Crippen molar-refractivity contribution in [2.75, 3.05) is 25.3 Å². The molecule has 29 heavy (non-hydrogen) atoms. The number of carbonyl (C=O) groups is 1. The third-order valence-electron chi connectivity index (χ3n) is 4.55. The third kappa shape index (κ3) is 3.54. The van der Waals surface area contributed by atoms with Crippen LogP contribution >= 0.6 is 11.8 Å². The van der Waals surface area contributed by atoms with Crippen molar-refractivity contribution in [3.63, 3.8) is 0 Å². The van der Waals surface area contributed by atoms with Crippen LogP contribution in [0.5, 0.6) is 5.75 Å². The topological polar surface area (TPSA) is 72.6 Å². The minimum atomic E-state index is -0.151. The highest BCUT2D eigenvalue weighted by Crippen LogP contribution is 2.26. The van der Waals surface area contributed by atoms with Gasteiger partial charge in [0.25, 0.3) is 0 Å². The number of hydrogen-bond donors (Lipinski definition) is 0. The summed E-state index contributed by atoms with van der Waals surface area (Å²) in [4.78, 5) is 24.2. The summed E-state index contributed by atoms with van der Waals surface area (Å²) in [6.07, 6.45) is 3.45. The molecule has 2 heterocycles. The van der Waals surface area contributed by atoms with Crippen molar-refractivity contribution in [3.05, 3.63) is 71.9 Å². The number of benzene rings is 2. The average Bonchev–Trinajstić information content (AvgIpc) is 3.22. The number of ether oxygens (including phenoxy) is 1. The molecule has 0 aliphatic rings. The smallest absolute Gasteiger partial charge is 0.235 e. The van der Waals surface area contributed by atoms with E-state index in [-0.39, 0.29) is 5.78 Å². The first-order valence-electron chi connectivity index (χ1n) is 8.89. The lowest BCUT2D eigenvalue weighted by Crippen LogP contribution is -2.17. The number of ketones is 1. The molecule has 0 saturated heterocycles. The lowest BCUT2D eigenvalue weighted by Gasteiger charge is -2.19. The molecule has 7 nitrogen and oxygen atoms in total. The molecule has 0 saturated carbocycles. The first-order valence-corrected chi connectivity index (χ1v) is 10.1. The van der Waals surface area contributed by atoms with Crippen LogP contribution in [0, 0.1) is 0 Å². The maximum Gasteiger partial charge on any atom is 0.235 e. The van der Waals surface area contributed by atoms with Crippen LogP contribution in [0.3, 0.4) is 0 Å². The standard InChI is InChI=1S/C21H19N5O2S/c1-25(15-7-5-4-6-8-15)21-24-20(29-3)23-19-17(13-22-26(19)21)18(27)14-9-11-16(28-2)12-10-14/h4-13H,1-3H3. The molecule has 0 bridgehead atoms. The Morgan fingerprint density at radius 2 is 1.79 bits per heavy atom. The van der Waals surface area contributed by atoms with Crippen molar-refractivity contribution in [2.24, 2.45) is 0 Å². The van der Waals surface area contributed by atoms with E-state index in [1.807, 2.05) is 48.5 Å². The second-order valence-corrected chi connectivity index (χ2v) is 7.03. The first kappa shape index (κ1) is 18.9. The summed E-state index contributed by atoms with van der Waals surface area (Å²) in [5.74, 6) is 1.13. The van der Waals surface area contributed by atoms with Gasteiger partial charge in [0.15, 0.2) is 16.6 Å². The molecule has 0 aliphatic heterocycles. The lowest BCUT2D eigenvalue weighted by molar-refractivity contribution is 0.104. The molecule has 4 aromatic rings. The minimum Gasteiger partial charge on any atom is -0.497 e. The van der Waals surface area contributed by atoms with Gasteiger partial charge in [-0.15, -0.1) is 0 Å². The van der Waals surface area contributed by atoms with Crippen LogP contribution in [0.4, 0.5) is 11.6 Å². The Morgan fingerprint density at radius 1 is 1.07 bits per heavy atom. The fraction of sp³-hybridized carbons (Fsp3) is 0.143. The van der Waals surface area contributed by atoms with Gasteiger partial charge in [0.2, 0.25) is 5.95 Å². The van der Waals surface area contributed by atoms with Crippen molar-refractivity contribution in [2.45, 2.75) is 5.16 Å². The maximum absolute atomic E-state index is 13.1. The fourth-order valence-corrected chi connectivity index (χ4v) is 3.33. The average molecular weight is 405 g/mol. The molecular weight excluding hydrogens is 386 g/mol. The molecule has 4 rings (SSSR count). The minimum absolute atomic E-state index is 0.151. The summed E-state index contributed by atoms with van der Waals surface area (Å²) in [6, 6.07) is 16.8. The number of rotatable bonds is 6. The van der Waals surface area contributed by atoms with Crippen molar-refractivity contribution in [1.29, 1.82) is 0 Å². The molecule has 8 heteroatoms. The molecule has 0 unspecified atom stereocenters. The summed E-state index contributed by atoms with van der Waals surface area (Å²) in [6.45, 7) is 0. The Hall–Kier alpha value is -3.39. The number of aromatic nitrogens is 4. The molecule has 2 aromatic carbocycles. The Kier molecular flexibility index (Phi) is 5.18. The predicted molar refractivity (Wildman–Crippen MR) is 113 cm³/mol. The van der Waals surface area contributed by atoms with Gasteiger partial charge in [-0.1, -0.05) is 30.0 Å². The van der Waals surface area contributed by atoms with Crippen LogP contribution in [-0.4, -0.2) is 45.8 Å². The summed E-state index contributed by atoms with van der Waals surface area (Å²) >= 11 is 1.42. The van der Waals surface area contributed by atoms with Gasteiger partial charge in [0.05, 0.1) is 18.9 Å². The van der Waals surface area contributed by atoms with E-state index in [0.717, 1.165) is 5.69 Å². The molecule has 0 atom stereocenters. The van der Waals surface area contributed by atoms with Crippen molar-refractivity contribution >= 4 is 34.8 Å². The lowest BCUT2D eigenvalue weighted by atomic mass is 10.1. The summed E-state index contributed by atoms with van der Waals surface area (Å²) in [7, 11) is 3.50. The number of methoxy groups -OCH3 is 1. The second kappa shape index (κ2) is 7.92. The fourth-order valence-electron chi connectivity index (χ4n) is 2.98. The predicted octanol–water partition coefficient (Wildman–Crippen LogP) is 3.85. The zero-order valence-electron chi connectivity index (χ0n) is 16.2. The molecule has 0 N–H and O–H groups in total. The Bertz CT molecular complexity index is 1160. The zero-order valence-corrected chi connectivity index (χ0v) is 17.1. The summed E-state index contributed by atoms with van der Waals surface area (Å²) < 4.78 is 6.77. The highest BCUT2D eigenvalue weighted by atomic mass is 32.2. The Morgan fingerprint density at radius 3 is 2.45 bits per heavy atom. The van der Waals surface area contributed by atoms with E-state index in [9.17, 15) is 4.79 Å². The van der Waals surface area contributed by atoms with E-state index in [0.29, 0.717) is 33.6 Å². The van der Waals surface area contributed by atoms with Crippen LogP contribution in [0.25, 0.3) is 5.65 Å². The van der Waals surface area contributed by atoms with E-state index in [4.69, 9.17) is 4.74 Å². The van der Waals surface area contributed by atoms with E-state index in [1.165, 1.54) is 11.8 Å². The van der Waals surface area contributed by atoms with Gasteiger partial charge >= 0.3 is 0 Å². The number of fused-ring (bicyclic) bond motifs is 1. The quantitative estimate of drug-likeness (QED) is 0.356. The Labute approximate surface area is 172 Å². The molecule has 146 valence electrons. The molecule has 0 fully saturated rings. The number of anilines is 2. The molecule has 2 aromatic heterocycles. The molecule has 0 aliphatic carbocycles. The van der Waals surface area contributed by atoms with Crippen LogP contribution in [0.1, 0.15) is 15.9 Å². The van der Waals surface area contributed by atoms with Gasteiger partial charge < -0.3 is 9.64 Å². The van der Waals surface area contributed by atoms with Crippen LogP contribution in [0.15, 0.2) is 66.0 Å². The van der Waals surface area contributed by atoms with Crippen LogP contribution in [-0.2, 0) is 0 Å². The number of nitrogens with zero attached hydrogens (tertiary/aromatic N) is 5. The normalized spacial score (nSPS) is 10.9. The van der Waals surface area contributed by atoms with Gasteiger partial charge in [-0.2, -0.15) is 14.6 Å². The van der Waals surface area contributed by atoms with E-state index < -0.39 is 0 Å². The first-order chi connectivity index (χ1) is 14.1. The highest BCUT2D eigenvalue weighted by Gasteiger charge is 2.21. The molecular formula is C21H19N5O2S. The monoisotopic (exact) mass is 405 g/mol. The zero-order chi connectivity index (χ0) is 20.4. The number of hydrogen-bond acceptors (Lipinski definition) is 7. The van der Waals surface area contributed by atoms with E-state index >= 15 is 0 Å². The van der Waals surface area contributed by atoms with Gasteiger partial charge in [-0.3, -0.25) is 4.79 Å². The van der Waals surface area contributed by atoms with Crippen molar-refractivity contribution in [3.8, 4) is 5.75 Å². The SMILES string of the molecule is COc1ccc(C(=O)c2cnn3c(N(C)c4ccccc4)nc(SC)nc23)cc1. The van der Waals surface area contributed by atoms with Crippen molar-refractivity contribution < 1.29 is 9.53 Å². The van der Waals surface area contributed by atoms with Gasteiger partial charge in [-0.05, 0) is 42.7 Å². The van der Waals surface area contributed by atoms with Crippen molar-refractivity contribution in [1.82, 2.24) is 19.6 Å². The Balaban J connectivity index is 1.82. The third-order valence-corrected chi connectivity index (χ3v) is 5.10. The highest BCUT2D eigenvalue weighted by molar-refractivity contribution is 7.98. The van der Waals surface area contributed by atoms with E-state index in [2.05, 4.69) is 15.1 Å². The van der Waals surface area contributed by atoms with E-state index in [1.54, 1.807) is 42.1 Å². The largest absolute Gasteiger partial charge is 0.497 e. The second-order valence-electron chi connectivity index (χ2n) is 6.26. The van der Waals surface area contributed by atoms with Crippen LogP contribution < -0.4 is 9.64 Å². The summed E-state index contributed by atoms with van der Waals surface area (Å²) in [5, 5.41) is 4.99. The van der Waals surface area contributed by atoms with Gasteiger partial charge in [-0.25, -0.2) is 4.98 Å².